The number of ether oxygens (including phenoxy) is 1. The van der Waals surface area contributed by atoms with E-state index in [1.165, 1.54) is 25.8 Å². The summed E-state index contributed by atoms with van der Waals surface area (Å²) >= 11 is 0. The van der Waals surface area contributed by atoms with E-state index < -0.39 is 0 Å². The molecule has 3 nitrogen and oxygen atoms in total. The minimum absolute atomic E-state index is 0.658. The fourth-order valence-corrected chi connectivity index (χ4v) is 1.75. The molecular weight excluding hydrogens is 164 g/mol. The summed E-state index contributed by atoms with van der Waals surface area (Å²) in [6.45, 7) is 3.93. The minimum atomic E-state index is 0.658. The zero-order chi connectivity index (χ0) is 9.52. The summed E-state index contributed by atoms with van der Waals surface area (Å²) in [5.74, 6) is 0. The maximum atomic E-state index is 5.58. The second kappa shape index (κ2) is 6.35. The third-order valence-electron chi connectivity index (χ3n) is 2.73. The lowest BCUT2D eigenvalue weighted by Crippen LogP contribution is -2.39. The molecule has 3 heteroatoms. The molecular formula is C10H22N2O. The first-order valence-electron chi connectivity index (χ1n) is 5.27. The van der Waals surface area contributed by atoms with Gasteiger partial charge in [0.25, 0.3) is 0 Å². The van der Waals surface area contributed by atoms with E-state index in [0.29, 0.717) is 6.04 Å². The Bertz CT molecular complexity index is 130. The van der Waals surface area contributed by atoms with Gasteiger partial charge in [-0.1, -0.05) is 6.42 Å². The highest BCUT2D eigenvalue weighted by atomic mass is 16.5. The summed E-state index contributed by atoms with van der Waals surface area (Å²) in [5, 5.41) is 3.08. The average Bonchev–Trinajstić information content (AvgIpc) is 2.15. The summed E-state index contributed by atoms with van der Waals surface area (Å²) in [6.07, 6.45) is 4.02. The van der Waals surface area contributed by atoms with Gasteiger partial charge in [0.1, 0.15) is 0 Å². The number of nitrogens with one attached hydrogen (secondary N) is 1. The van der Waals surface area contributed by atoms with Crippen molar-refractivity contribution in [3.05, 3.63) is 0 Å². The number of nitrogens with zero attached hydrogens (tertiary/aromatic N) is 1. The lowest BCUT2D eigenvalue weighted by Gasteiger charge is -2.32. The summed E-state index contributed by atoms with van der Waals surface area (Å²) < 4.78 is 5.58. The van der Waals surface area contributed by atoms with Crippen LogP contribution in [0.15, 0.2) is 0 Å². The molecule has 0 aromatic carbocycles. The fraction of sp³-hybridized carbons (Fsp3) is 1.00. The Morgan fingerprint density at radius 2 is 2.31 bits per heavy atom. The van der Waals surface area contributed by atoms with E-state index in [0.717, 1.165) is 19.8 Å². The van der Waals surface area contributed by atoms with Crippen molar-refractivity contribution < 1.29 is 4.74 Å². The monoisotopic (exact) mass is 186 g/mol. The van der Waals surface area contributed by atoms with Crippen LogP contribution in [0, 0.1) is 0 Å². The van der Waals surface area contributed by atoms with Crippen molar-refractivity contribution in [2.45, 2.75) is 25.3 Å². The van der Waals surface area contributed by atoms with E-state index in [1.54, 1.807) is 0 Å². The number of hydrogen-bond acceptors (Lipinski definition) is 3. The Morgan fingerprint density at radius 3 is 3.00 bits per heavy atom. The molecule has 0 aromatic rings. The van der Waals surface area contributed by atoms with Gasteiger partial charge in [-0.3, -0.25) is 0 Å². The molecule has 1 aliphatic heterocycles. The Hall–Kier alpha value is -0.120. The minimum Gasteiger partial charge on any atom is -0.379 e. The van der Waals surface area contributed by atoms with Gasteiger partial charge in [-0.25, -0.2) is 0 Å². The molecule has 0 saturated carbocycles. The Labute approximate surface area is 81.4 Å². The molecule has 0 aromatic heterocycles. The SMILES string of the molecule is CNCCOCC1CCCCN1C. The quantitative estimate of drug-likeness (QED) is 0.640. The van der Waals surface area contributed by atoms with Crippen LogP contribution in [0.3, 0.4) is 0 Å². The highest BCUT2D eigenvalue weighted by Gasteiger charge is 2.18. The van der Waals surface area contributed by atoms with E-state index in [-0.39, 0.29) is 0 Å². The maximum absolute atomic E-state index is 5.58. The summed E-state index contributed by atoms with van der Waals surface area (Å²) in [7, 11) is 4.15. The van der Waals surface area contributed by atoms with Crippen LogP contribution in [-0.2, 0) is 4.74 Å². The van der Waals surface area contributed by atoms with Crippen molar-refractivity contribution in [3.8, 4) is 0 Å². The number of hydrogen-bond donors (Lipinski definition) is 1. The first-order chi connectivity index (χ1) is 6.34. The number of likely N-dealkylation sites (tertiary alicyclic amines) is 1. The normalized spacial score (nSPS) is 24.9. The highest BCUT2D eigenvalue weighted by Crippen LogP contribution is 2.14. The third-order valence-corrected chi connectivity index (χ3v) is 2.73. The molecule has 1 rings (SSSR count). The number of piperidine rings is 1. The number of likely N-dealkylation sites (N-methyl/N-ethyl adjacent to an activating group) is 2. The topological polar surface area (TPSA) is 24.5 Å². The van der Waals surface area contributed by atoms with E-state index >= 15 is 0 Å². The van der Waals surface area contributed by atoms with E-state index in [1.807, 2.05) is 7.05 Å². The molecule has 0 radical (unpaired) electrons. The van der Waals surface area contributed by atoms with Gasteiger partial charge >= 0.3 is 0 Å². The summed E-state index contributed by atoms with van der Waals surface area (Å²) in [5.41, 5.74) is 0. The van der Waals surface area contributed by atoms with Crippen LogP contribution in [-0.4, -0.2) is 51.3 Å². The van der Waals surface area contributed by atoms with Gasteiger partial charge in [-0.15, -0.1) is 0 Å². The van der Waals surface area contributed by atoms with Crippen LogP contribution in [0.5, 0.6) is 0 Å². The lowest BCUT2D eigenvalue weighted by molar-refractivity contribution is 0.0548. The van der Waals surface area contributed by atoms with Gasteiger partial charge < -0.3 is 15.0 Å². The van der Waals surface area contributed by atoms with Crippen LogP contribution >= 0.6 is 0 Å². The van der Waals surface area contributed by atoms with Crippen LogP contribution < -0.4 is 5.32 Å². The molecule has 13 heavy (non-hydrogen) atoms. The first kappa shape index (κ1) is 11.0. The van der Waals surface area contributed by atoms with Crippen molar-refractivity contribution in [2.75, 3.05) is 40.4 Å². The Kier molecular flexibility index (Phi) is 5.35. The fourth-order valence-electron chi connectivity index (χ4n) is 1.75. The van der Waals surface area contributed by atoms with Crippen molar-refractivity contribution in [1.29, 1.82) is 0 Å². The molecule has 0 spiro atoms. The van der Waals surface area contributed by atoms with Crippen LogP contribution in [0.4, 0.5) is 0 Å². The van der Waals surface area contributed by atoms with E-state index in [9.17, 15) is 0 Å². The summed E-state index contributed by atoms with van der Waals surface area (Å²) in [4.78, 5) is 2.42. The van der Waals surface area contributed by atoms with E-state index in [2.05, 4.69) is 17.3 Å². The van der Waals surface area contributed by atoms with Gasteiger partial charge in [-0.2, -0.15) is 0 Å². The van der Waals surface area contributed by atoms with Crippen LogP contribution in [0.25, 0.3) is 0 Å². The van der Waals surface area contributed by atoms with Gasteiger partial charge in [0.05, 0.1) is 13.2 Å². The second-order valence-corrected chi connectivity index (χ2v) is 3.81. The molecule has 1 N–H and O–H groups in total. The second-order valence-electron chi connectivity index (χ2n) is 3.81. The van der Waals surface area contributed by atoms with Crippen molar-refractivity contribution in [3.63, 3.8) is 0 Å². The molecule has 0 aliphatic carbocycles. The van der Waals surface area contributed by atoms with Gasteiger partial charge in [-0.05, 0) is 33.5 Å². The van der Waals surface area contributed by atoms with Crippen LogP contribution in [0.2, 0.25) is 0 Å². The highest BCUT2D eigenvalue weighted by molar-refractivity contribution is 4.73. The average molecular weight is 186 g/mol. The molecule has 0 bridgehead atoms. The molecule has 1 unspecified atom stereocenters. The number of rotatable bonds is 5. The smallest absolute Gasteiger partial charge is 0.0622 e. The predicted molar refractivity (Wildman–Crippen MR) is 55.0 cm³/mol. The molecule has 1 aliphatic rings. The lowest BCUT2D eigenvalue weighted by atomic mass is 10.0. The summed E-state index contributed by atoms with van der Waals surface area (Å²) in [6, 6.07) is 0.658. The zero-order valence-corrected chi connectivity index (χ0v) is 8.88. The van der Waals surface area contributed by atoms with Crippen LogP contribution in [0.1, 0.15) is 19.3 Å². The molecule has 1 fully saturated rings. The third kappa shape index (κ3) is 4.07. The molecule has 0 amide bonds. The molecule has 1 saturated heterocycles. The standard InChI is InChI=1S/C10H22N2O/c1-11-6-8-13-9-10-5-3-4-7-12(10)2/h10-11H,3-9H2,1-2H3. The largest absolute Gasteiger partial charge is 0.379 e. The van der Waals surface area contributed by atoms with Crippen molar-refractivity contribution in [1.82, 2.24) is 10.2 Å². The maximum Gasteiger partial charge on any atom is 0.0622 e. The molecule has 1 heterocycles. The Balaban J connectivity index is 2.05. The zero-order valence-electron chi connectivity index (χ0n) is 8.88. The first-order valence-corrected chi connectivity index (χ1v) is 5.27. The van der Waals surface area contributed by atoms with Crippen molar-refractivity contribution in [2.24, 2.45) is 0 Å². The molecule has 78 valence electrons. The van der Waals surface area contributed by atoms with Crippen molar-refractivity contribution >= 4 is 0 Å². The van der Waals surface area contributed by atoms with Gasteiger partial charge in [0.2, 0.25) is 0 Å². The van der Waals surface area contributed by atoms with Gasteiger partial charge in [0, 0.05) is 12.6 Å². The van der Waals surface area contributed by atoms with Gasteiger partial charge in [0.15, 0.2) is 0 Å². The Morgan fingerprint density at radius 1 is 1.46 bits per heavy atom. The molecule has 1 atom stereocenters. The van der Waals surface area contributed by atoms with E-state index in [4.69, 9.17) is 4.74 Å². The predicted octanol–water partition coefficient (Wildman–Crippen LogP) is 0.707.